The van der Waals surface area contributed by atoms with Gasteiger partial charge in [0.1, 0.15) is 11.6 Å². The van der Waals surface area contributed by atoms with Crippen LogP contribution in [0.2, 0.25) is 0 Å². The summed E-state index contributed by atoms with van der Waals surface area (Å²) < 4.78 is 47.9. The van der Waals surface area contributed by atoms with Crippen LogP contribution in [0.4, 0.5) is 15.8 Å². The van der Waals surface area contributed by atoms with Gasteiger partial charge in [0.2, 0.25) is 10.0 Å². The van der Waals surface area contributed by atoms with E-state index in [1.807, 2.05) is 47.6 Å². The normalized spacial score (nSPS) is 17.3. The maximum absolute atomic E-state index is 14.1. The highest BCUT2D eigenvalue weighted by Gasteiger charge is 2.42. The van der Waals surface area contributed by atoms with Gasteiger partial charge in [0.05, 0.1) is 36.8 Å². The van der Waals surface area contributed by atoms with Gasteiger partial charge in [-0.15, -0.1) is 0 Å². The van der Waals surface area contributed by atoms with Gasteiger partial charge in [0, 0.05) is 35.0 Å². The molecule has 1 aliphatic rings. The van der Waals surface area contributed by atoms with Gasteiger partial charge < -0.3 is 19.5 Å². The molecule has 3 heterocycles. The van der Waals surface area contributed by atoms with Gasteiger partial charge in [-0.1, -0.05) is 12.1 Å². The minimum Gasteiger partial charge on any atom is -0.494 e. The predicted molar refractivity (Wildman–Crippen MR) is 155 cm³/mol. The number of aromatic nitrogens is 2. The fourth-order valence-electron chi connectivity index (χ4n) is 5.16. The Balaban J connectivity index is 1.67. The topological polar surface area (TPSA) is 88.5 Å². The van der Waals surface area contributed by atoms with Crippen LogP contribution in [-0.4, -0.2) is 36.4 Å². The fraction of sp³-hybridized carbons (Fsp3) is 0.214. The van der Waals surface area contributed by atoms with E-state index in [1.54, 1.807) is 30.5 Å². The lowest BCUT2D eigenvalue weighted by molar-refractivity contribution is 0.417. The zero-order valence-corrected chi connectivity index (χ0v) is 23.5. The van der Waals surface area contributed by atoms with Crippen molar-refractivity contribution in [1.29, 1.82) is 0 Å². The number of hydrogen-bond acceptors (Lipinski definition) is 5. The average molecular weight is 566 g/mol. The quantitative estimate of drug-likeness (QED) is 0.298. The van der Waals surface area contributed by atoms with E-state index in [0.717, 1.165) is 34.6 Å². The van der Waals surface area contributed by atoms with Crippen molar-refractivity contribution in [3.63, 3.8) is 0 Å². The van der Waals surface area contributed by atoms with Crippen molar-refractivity contribution in [2.45, 2.75) is 25.9 Å². The Morgan fingerprint density at radius 1 is 1.05 bits per heavy atom. The van der Waals surface area contributed by atoms with Crippen LogP contribution in [0, 0.1) is 19.7 Å². The molecule has 202 valence electrons. The number of nitrogens with zero attached hydrogens (tertiary/aromatic N) is 3. The fourth-order valence-corrected chi connectivity index (χ4v) is 6.08. The van der Waals surface area contributed by atoms with Gasteiger partial charge in [-0.2, -0.15) is 0 Å². The van der Waals surface area contributed by atoms with Crippen LogP contribution in [-0.2, 0) is 10.0 Å². The van der Waals surface area contributed by atoms with Crippen molar-refractivity contribution in [3.05, 3.63) is 101 Å². The summed E-state index contributed by atoms with van der Waals surface area (Å²) in [6.45, 7) is 3.98. The van der Waals surface area contributed by atoms with E-state index < -0.39 is 10.0 Å². The van der Waals surface area contributed by atoms with E-state index >= 15 is 0 Å². The van der Waals surface area contributed by atoms with Crippen molar-refractivity contribution >= 4 is 38.7 Å². The van der Waals surface area contributed by atoms with Gasteiger partial charge in [0.15, 0.2) is 5.11 Å². The van der Waals surface area contributed by atoms with Crippen LogP contribution in [0.1, 0.15) is 34.7 Å². The monoisotopic (exact) mass is 565 g/mol. The third kappa shape index (κ3) is 5.19. The lowest BCUT2D eigenvalue weighted by Gasteiger charge is -2.29. The molecule has 2 aromatic carbocycles. The van der Waals surface area contributed by atoms with E-state index in [1.165, 1.54) is 19.2 Å². The number of methoxy groups -OCH3 is 1. The van der Waals surface area contributed by atoms with Crippen molar-refractivity contribution in [2.75, 3.05) is 23.0 Å². The molecule has 0 saturated carbocycles. The number of benzene rings is 2. The third-order valence-electron chi connectivity index (χ3n) is 6.71. The first-order valence-corrected chi connectivity index (χ1v) is 14.5. The van der Waals surface area contributed by atoms with Crippen LogP contribution in [0.5, 0.6) is 5.75 Å². The zero-order chi connectivity index (χ0) is 27.9. The number of hydrogen-bond donors (Lipinski definition) is 2. The first-order valence-electron chi connectivity index (χ1n) is 12.2. The molecule has 0 amide bonds. The molecule has 8 nitrogen and oxygen atoms in total. The molecule has 0 spiro atoms. The largest absolute Gasteiger partial charge is 0.494 e. The summed E-state index contributed by atoms with van der Waals surface area (Å²) in [6, 6.07) is 18.9. The van der Waals surface area contributed by atoms with Crippen LogP contribution in [0.3, 0.4) is 0 Å². The second-order valence-corrected chi connectivity index (χ2v) is 11.5. The molecule has 0 radical (unpaired) electrons. The van der Waals surface area contributed by atoms with Crippen LogP contribution < -0.4 is 19.7 Å². The van der Waals surface area contributed by atoms with Gasteiger partial charge in [-0.25, -0.2) is 12.8 Å². The summed E-state index contributed by atoms with van der Waals surface area (Å²) in [5, 5.41) is 3.92. The molecule has 1 saturated heterocycles. The molecule has 39 heavy (non-hydrogen) atoms. The Bertz CT molecular complexity index is 1660. The smallest absolute Gasteiger partial charge is 0.229 e. The molecule has 1 fully saturated rings. The minimum atomic E-state index is -3.51. The van der Waals surface area contributed by atoms with Crippen LogP contribution >= 0.6 is 12.2 Å². The minimum absolute atomic E-state index is 0.292. The number of thiocarbonyl (C=S) groups is 1. The summed E-state index contributed by atoms with van der Waals surface area (Å²) in [5.41, 5.74) is 5.43. The van der Waals surface area contributed by atoms with Crippen molar-refractivity contribution in [1.82, 2.24) is 14.9 Å². The molecule has 4 aromatic rings. The summed E-state index contributed by atoms with van der Waals surface area (Å²) in [4.78, 5) is 6.59. The molecule has 5 rings (SSSR count). The Labute approximate surface area is 232 Å². The molecule has 2 aromatic heterocycles. The van der Waals surface area contributed by atoms with E-state index in [0.29, 0.717) is 22.2 Å². The number of nitrogens with one attached hydrogen (secondary N) is 2. The molecule has 0 bridgehead atoms. The molecule has 1 aliphatic heterocycles. The van der Waals surface area contributed by atoms with Gasteiger partial charge in [-0.05, 0) is 80.2 Å². The van der Waals surface area contributed by atoms with E-state index in [2.05, 4.69) is 21.1 Å². The van der Waals surface area contributed by atoms with Crippen molar-refractivity contribution in [2.24, 2.45) is 0 Å². The summed E-state index contributed by atoms with van der Waals surface area (Å²) in [7, 11) is -2.03. The van der Waals surface area contributed by atoms with Gasteiger partial charge in [0.25, 0.3) is 0 Å². The molecular formula is C28H28FN5O3S2. The number of ether oxygens (including phenoxy) is 1. The third-order valence-corrected chi connectivity index (χ3v) is 7.62. The number of sulfonamides is 1. The molecule has 2 N–H and O–H groups in total. The second-order valence-electron chi connectivity index (χ2n) is 9.40. The van der Waals surface area contributed by atoms with E-state index in [4.69, 9.17) is 17.0 Å². The summed E-state index contributed by atoms with van der Waals surface area (Å²) in [6.07, 6.45) is 2.83. The lowest BCUT2D eigenvalue weighted by atomic mass is 9.96. The lowest BCUT2D eigenvalue weighted by Crippen LogP contribution is -2.29. The SMILES string of the molecule is COc1cc(N2C(=S)N[C@H](c3ccccn3)[C@H]2c2cc(C)n(-c3cccc(F)c3)c2C)ccc1NS(C)(=O)=O. The summed E-state index contributed by atoms with van der Waals surface area (Å²) in [5.74, 6) is 0.0409. The predicted octanol–water partition coefficient (Wildman–Crippen LogP) is 5.19. The van der Waals surface area contributed by atoms with Crippen molar-refractivity contribution in [3.8, 4) is 11.4 Å². The highest BCUT2D eigenvalue weighted by Crippen LogP contribution is 2.45. The van der Waals surface area contributed by atoms with Crippen LogP contribution in [0.15, 0.2) is 72.9 Å². The van der Waals surface area contributed by atoms with Gasteiger partial charge >= 0.3 is 0 Å². The Morgan fingerprint density at radius 2 is 1.85 bits per heavy atom. The Hall–Kier alpha value is -3.96. The molecule has 0 unspecified atom stereocenters. The highest BCUT2D eigenvalue weighted by molar-refractivity contribution is 7.92. The standard InChI is InChI=1S/C28H28FN5O3S2/c1-17-14-22(18(2)33(17)20-9-7-8-19(29)15-20)27-26(24-10-5-6-13-30-24)31-28(38)34(27)21-11-12-23(25(16-21)37-3)32-39(4,35)36/h5-16,26-27,32H,1-4H3,(H,31,38)/t26-,27-/m1/s1. The number of pyridine rings is 1. The van der Waals surface area contributed by atoms with Gasteiger partial charge in [-0.3, -0.25) is 9.71 Å². The first-order chi connectivity index (χ1) is 18.6. The number of anilines is 2. The highest BCUT2D eigenvalue weighted by atomic mass is 32.2. The zero-order valence-electron chi connectivity index (χ0n) is 21.8. The van der Waals surface area contributed by atoms with Crippen LogP contribution in [0.25, 0.3) is 5.69 Å². The Kier molecular flexibility index (Phi) is 7.04. The number of aryl methyl sites for hydroxylation is 1. The average Bonchev–Trinajstić information content (AvgIpc) is 3.38. The maximum atomic E-state index is 14.1. The van der Waals surface area contributed by atoms with Crippen molar-refractivity contribution < 1.29 is 17.5 Å². The maximum Gasteiger partial charge on any atom is 0.229 e. The molecular weight excluding hydrogens is 537 g/mol. The first kappa shape index (κ1) is 26.6. The number of rotatable bonds is 7. The van der Waals surface area contributed by atoms with E-state index in [-0.39, 0.29) is 17.9 Å². The number of halogens is 1. The molecule has 11 heteroatoms. The van der Waals surface area contributed by atoms with E-state index in [9.17, 15) is 12.8 Å². The molecule has 0 aliphatic carbocycles. The summed E-state index contributed by atoms with van der Waals surface area (Å²) >= 11 is 5.85. The molecule has 2 atom stereocenters. The Morgan fingerprint density at radius 3 is 2.51 bits per heavy atom. The second kappa shape index (κ2) is 10.3.